The highest BCUT2D eigenvalue weighted by molar-refractivity contribution is 5.93. The van der Waals surface area contributed by atoms with Gasteiger partial charge in [0.1, 0.15) is 18.5 Å². The number of carbonyl (C=O) groups is 1. The maximum atomic E-state index is 11.8. The Morgan fingerprint density at radius 2 is 1.77 bits per heavy atom. The van der Waals surface area contributed by atoms with Gasteiger partial charge >= 0.3 is 5.97 Å². The number of carbonyl (C=O) groups excluding carboxylic acids is 1. The largest absolute Gasteiger partial charge is 0.494 e. The minimum Gasteiger partial charge on any atom is -0.494 e. The second kappa shape index (κ2) is 13.4. The minimum absolute atomic E-state index is 0.217. The monoisotopic (exact) mass is 364 g/mol. The van der Waals surface area contributed by atoms with E-state index in [-0.39, 0.29) is 6.61 Å². The van der Waals surface area contributed by atoms with Crippen LogP contribution in [0.15, 0.2) is 29.8 Å². The number of aliphatic hydroxyl groups excluding tert-OH is 2. The van der Waals surface area contributed by atoms with E-state index in [9.17, 15) is 9.90 Å². The molecule has 0 bridgehead atoms. The van der Waals surface area contributed by atoms with Crippen LogP contribution in [0.1, 0.15) is 57.9 Å². The van der Waals surface area contributed by atoms with E-state index in [0.717, 1.165) is 24.3 Å². The van der Waals surface area contributed by atoms with Gasteiger partial charge in [0, 0.05) is 5.57 Å². The lowest BCUT2D eigenvalue weighted by Gasteiger charge is -2.09. The van der Waals surface area contributed by atoms with Gasteiger partial charge in [0.2, 0.25) is 0 Å². The summed E-state index contributed by atoms with van der Waals surface area (Å²) in [6, 6.07) is 7.54. The molecule has 1 aromatic carbocycles. The molecule has 5 heteroatoms. The van der Waals surface area contributed by atoms with Gasteiger partial charge in [0.15, 0.2) is 0 Å². The first-order valence-corrected chi connectivity index (χ1v) is 9.44. The van der Waals surface area contributed by atoms with Gasteiger partial charge in [-0.05, 0) is 37.1 Å². The van der Waals surface area contributed by atoms with Crippen molar-refractivity contribution in [2.45, 2.75) is 58.5 Å². The summed E-state index contributed by atoms with van der Waals surface area (Å²) in [6.45, 7) is 3.94. The molecule has 0 aromatic heterocycles. The van der Waals surface area contributed by atoms with Crippen molar-refractivity contribution in [1.29, 1.82) is 0 Å². The zero-order valence-corrected chi connectivity index (χ0v) is 15.9. The van der Waals surface area contributed by atoms with Gasteiger partial charge in [-0.15, -0.1) is 0 Å². The highest BCUT2D eigenvalue weighted by Crippen LogP contribution is 2.16. The second-order valence-corrected chi connectivity index (χ2v) is 6.45. The summed E-state index contributed by atoms with van der Waals surface area (Å²) in [5.41, 5.74) is 1.30. The van der Waals surface area contributed by atoms with Gasteiger partial charge in [-0.25, -0.2) is 4.79 Å². The molecule has 146 valence electrons. The average Bonchev–Trinajstić information content (AvgIpc) is 2.66. The molecular weight excluding hydrogens is 332 g/mol. The molecule has 1 atom stereocenters. The number of ether oxygens (including phenoxy) is 2. The summed E-state index contributed by atoms with van der Waals surface area (Å²) in [7, 11) is 0. The predicted octanol–water partition coefficient (Wildman–Crippen LogP) is 3.73. The van der Waals surface area contributed by atoms with Crippen molar-refractivity contribution in [2.75, 3.05) is 19.8 Å². The van der Waals surface area contributed by atoms with Crippen LogP contribution in [0.2, 0.25) is 0 Å². The molecule has 0 heterocycles. The third-order valence-corrected chi connectivity index (χ3v) is 3.97. The van der Waals surface area contributed by atoms with Crippen molar-refractivity contribution in [2.24, 2.45) is 0 Å². The fourth-order valence-corrected chi connectivity index (χ4v) is 2.38. The Bertz CT molecular complexity index is 536. The number of esters is 1. The van der Waals surface area contributed by atoms with Crippen LogP contribution in [0.3, 0.4) is 0 Å². The van der Waals surface area contributed by atoms with Crippen molar-refractivity contribution in [3.8, 4) is 5.75 Å². The standard InChI is InChI=1S/C21H32O5/c1-3-4-5-6-7-8-13-25-20-11-9-18(10-12-20)14-17(2)21(24)26-16-19(23)15-22/h9-12,14,19,22-23H,3-8,13,15-16H2,1-2H3/b17-14+. The Labute approximate surface area is 156 Å². The van der Waals surface area contributed by atoms with E-state index in [4.69, 9.17) is 14.6 Å². The summed E-state index contributed by atoms with van der Waals surface area (Å²) in [5, 5.41) is 17.9. The molecule has 0 fully saturated rings. The molecule has 1 unspecified atom stereocenters. The molecule has 0 radical (unpaired) electrons. The summed E-state index contributed by atoms with van der Waals surface area (Å²) < 4.78 is 10.6. The minimum atomic E-state index is -1.05. The van der Waals surface area contributed by atoms with Gasteiger partial charge in [-0.3, -0.25) is 0 Å². The molecule has 2 N–H and O–H groups in total. The highest BCUT2D eigenvalue weighted by atomic mass is 16.5. The quantitative estimate of drug-likeness (QED) is 0.317. The summed E-state index contributed by atoms with van der Waals surface area (Å²) in [6.07, 6.45) is 8.08. The van der Waals surface area contributed by atoms with Crippen molar-refractivity contribution < 1.29 is 24.5 Å². The number of hydrogen-bond acceptors (Lipinski definition) is 5. The van der Waals surface area contributed by atoms with Gasteiger partial charge < -0.3 is 19.7 Å². The van der Waals surface area contributed by atoms with E-state index in [1.165, 1.54) is 32.1 Å². The van der Waals surface area contributed by atoms with Crippen LogP contribution in [0, 0.1) is 0 Å². The Balaban J connectivity index is 2.35. The van der Waals surface area contributed by atoms with E-state index in [1.807, 2.05) is 24.3 Å². The number of rotatable bonds is 13. The summed E-state index contributed by atoms with van der Waals surface area (Å²) in [4.78, 5) is 11.8. The van der Waals surface area contributed by atoms with E-state index in [0.29, 0.717) is 5.57 Å². The van der Waals surface area contributed by atoms with Gasteiger partial charge in [0.25, 0.3) is 0 Å². The summed E-state index contributed by atoms with van der Waals surface area (Å²) in [5.74, 6) is 0.308. The van der Waals surface area contributed by atoms with Crippen molar-refractivity contribution in [3.05, 3.63) is 35.4 Å². The third-order valence-electron chi connectivity index (χ3n) is 3.97. The van der Waals surface area contributed by atoms with Crippen LogP contribution in [-0.2, 0) is 9.53 Å². The van der Waals surface area contributed by atoms with Crippen molar-refractivity contribution >= 4 is 12.0 Å². The Kier molecular flexibility index (Phi) is 11.4. The molecular formula is C21H32O5. The molecule has 0 aliphatic carbocycles. The summed E-state index contributed by atoms with van der Waals surface area (Å²) >= 11 is 0. The molecule has 1 aromatic rings. The number of benzene rings is 1. The number of aliphatic hydroxyl groups is 2. The van der Waals surface area contributed by atoms with Gasteiger partial charge in [-0.1, -0.05) is 51.2 Å². The van der Waals surface area contributed by atoms with Gasteiger partial charge in [0.05, 0.1) is 13.2 Å². The lowest BCUT2D eigenvalue weighted by Crippen LogP contribution is -2.22. The molecule has 0 spiro atoms. The normalized spacial score (nSPS) is 12.7. The topological polar surface area (TPSA) is 76.0 Å². The molecule has 0 saturated carbocycles. The Morgan fingerprint density at radius 1 is 1.12 bits per heavy atom. The van der Waals surface area contributed by atoms with Crippen LogP contribution in [0.4, 0.5) is 0 Å². The molecule has 0 amide bonds. The first-order valence-electron chi connectivity index (χ1n) is 9.44. The lowest BCUT2D eigenvalue weighted by molar-refractivity contribution is -0.142. The van der Waals surface area contributed by atoms with Crippen LogP contribution in [0.25, 0.3) is 6.08 Å². The first-order chi connectivity index (χ1) is 12.6. The maximum absolute atomic E-state index is 11.8. The van der Waals surface area contributed by atoms with E-state index >= 15 is 0 Å². The first kappa shape index (κ1) is 22.2. The SMILES string of the molecule is CCCCCCCCOc1ccc(/C=C(\C)C(=O)OCC(O)CO)cc1. The van der Waals surface area contributed by atoms with Crippen LogP contribution >= 0.6 is 0 Å². The molecule has 0 aliphatic rings. The predicted molar refractivity (Wildman–Crippen MR) is 103 cm³/mol. The number of unbranched alkanes of at least 4 members (excludes halogenated alkanes) is 5. The highest BCUT2D eigenvalue weighted by Gasteiger charge is 2.09. The zero-order valence-electron chi connectivity index (χ0n) is 15.9. The third kappa shape index (κ3) is 9.59. The molecule has 0 saturated heterocycles. The second-order valence-electron chi connectivity index (χ2n) is 6.45. The molecule has 0 aliphatic heterocycles. The molecule has 1 rings (SSSR count). The van der Waals surface area contributed by atoms with Crippen molar-refractivity contribution in [3.63, 3.8) is 0 Å². The van der Waals surface area contributed by atoms with E-state index < -0.39 is 18.7 Å². The zero-order chi connectivity index (χ0) is 19.2. The average molecular weight is 364 g/mol. The van der Waals surface area contributed by atoms with Crippen molar-refractivity contribution in [1.82, 2.24) is 0 Å². The smallest absolute Gasteiger partial charge is 0.333 e. The fraction of sp³-hybridized carbons (Fsp3) is 0.571. The number of hydrogen-bond donors (Lipinski definition) is 2. The Hall–Kier alpha value is -1.85. The van der Waals surface area contributed by atoms with Crippen LogP contribution in [-0.4, -0.2) is 42.1 Å². The Morgan fingerprint density at radius 3 is 2.42 bits per heavy atom. The van der Waals surface area contributed by atoms with E-state index in [2.05, 4.69) is 6.92 Å². The van der Waals surface area contributed by atoms with Gasteiger partial charge in [-0.2, -0.15) is 0 Å². The lowest BCUT2D eigenvalue weighted by atomic mass is 10.1. The van der Waals surface area contributed by atoms with Crippen LogP contribution < -0.4 is 4.74 Å². The molecule has 26 heavy (non-hydrogen) atoms. The molecule has 5 nitrogen and oxygen atoms in total. The fourth-order valence-electron chi connectivity index (χ4n) is 2.38. The maximum Gasteiger partial charge on any atom is 0.333 e. The van der Waals surface area contributed by atoms with Crippen LogP contribution in [0.5, 0.6) is 5.75 Å². The van der Waals surface area contributed by atoms with E-state index in [1.54, 1.807) is 13.0 Å².